The highest BCUT2D eigenvalue weighted by Crippen LogP contribution is 2.34. The standard InChI is InChI=1S/C29H26F3N3O3/c1-4-10-20-15-19(16-25(37-5-2)26(20)38-6-3)18-33-35-27(21-11-9-12-22(17-21)29(30,31)32)34-24-14-8-7-13-23(24)28(35)36/h4,7-9,11-18H,1,5-6,10H2,2-3H3. The number of alkyl halides is 3. The summed E-state index contributed by atoms with van der Waals surface area (Å²) in [5.41, 5.74) is 0.509. The largest absolute Gasteiger partial charge is 0.490 e. The molecule has 0 saturated heterocycles. The first-order valence-corrected chi connectivity index (χ1v) is 12.0. The molecule has 4 rings (SSSR count). The summed E-state index contributed by atoms with van der Waals surface area (Å²) >= 11 is 0. The minimum Gasteiger partial charge on any atom is -0.490 e. The van der Waals surface area contributed by atoms with E-state index in [4.69, 9.17) is 9.47 Å². The molecule has 0 spiro atoms. The molecule has 0 fully saturated rings. The minimum absolute atomic E-state index is 0.0154. The molecule has 1 heterocycles. The van der Waals surface area contributed by atoms with Gasteiger partial charge in [-0.15, -0.1) is 6.58 Å². The zero-order chi connectivity index (χ0) is 27.3. The van der Waals surface area contributed by atoms with Gasteiger partial charge in [0, 0.05) is 11.1 Å². The third kappa shape index (κ3) is 5.61. The van der Waals surface area contributed by atoms with E-state index in [9.17, 15) is 18.0 Å². The van der Waals surface area contributed by atoms with Crippen molar-refractivity contribution in [2.75, 3.05) is 13.2 Å². The quantitative estimate of drug-likeness (QED) is 0.187. The topological polar surface area (TPSA) is 65.7 Å². The van der Waals surface area contributed by atoms with Gasteiger partial charge in [0.1, 0.15) is 0 Å². The lowest BCUT2D eigenvalue weighted by atomic mass is 10.1. The van der Waals surface area contributed by atoms with E-state index in [1.54, 1.807) is 36.4 Å². The number of allylic oxidation sites excluding steroid dienone is 1. The molecule has 0 unspecified atom stereocenters. The Bertz CT molecular complexity index is 1560. The molecule has 9 heteroatoms. The van der Waals surface area contributed by atoms with Gasteiger partial charge in [0.2, 0.25) is 0 Å². The first-order valence-electron chi connectivity index (χ1n) is 12.0. The van der Waals surface area contributed by atoms with Gasteiger partial charge in [-0.25, -0.2) is 4.98 Å². The van der Waals surface area contributed by atoms with Gasteiger partial charge < -0.3 is 9.47 Å². The smallest absolute Gasteiger partial charge is 0.416 e. The average Bonchev–Trinajstić information content (AvgIpc) is 2.90. The molecule has 196 valence electrons. The van der Waals surface area contributed by atoms with Gasteiger partial charge in [-0.1, -0.05) is 30.3 Å². The lowest BCUT2D eigenvalue weighted by Crippen LogP contribution is -2.20. The Hall–Kier alpha value is -4.40. The number of halogens is 3. The van der Waals surface area contributed by atoms with E-state index < -0.39 is 17.3 Å². The van der Waals surface area contributed by atoms with Gasteiger partial charge in [-0.05, 0) is 62.2 Å². The van der Waals surface area contributed by atoms with Crippen molar-refractivity contribution in [1.29, 1.82) is 0 Å². The summed E-state index contributed by atoms with van der Waals surface area (Å²) in [6.07, 6.45) is -0.872. The number of benzene rings is 3. The van der Waals surface area contributed by atoms with Crippen LogP contribution in [0.5, 0.6) is 11.5 Å². The summed E-state index contributed by atoms with van der Waals surface area (Å²) in [6, 6.07) is 14.8. The minimum atomic E-state index is -4.55. The van der Waals surface area contributed by atoms with Crippen LogP contribution in [0, 0.1) is 0 Å². The van der Waals surface area contributed by atoms with Crippen molar-refractivity contribution in [3.8, 4) is 22.9 Å². The molecule has 4 aromatic rings. The van der Waals surface area contributed by atoms with E-state index in [-0.39, 0.29) is 16.8 Å². The van der Waals surface area contributed by atoms with Crippen LogP contribution >= 0.6 is 0 Å². The predicted molar refractivity (Wildman–Crippen MR) is 142 cm³/mol. The van der Waals surface area contributed by atoms with Crippen LogP contribution in [0.4, 0.5) is 13.2 Å². The second-order valence-electron chi connectivity index (χ2n) is 8.26. The van der Waals surface area contributed by atoms with Crippen molar-refractivity contribution in [2.45, 2.75) is 26.4 Å². The highest BCUT2D eigenvalue weighted by Gasteiger charge is 2.31. The van der Waals surface area contributed by atoms with Crippen LogP contribution in [0.25, 0.3) is 22.3 Å². The summed E-state index contributed by atoms with van der Waals surface area (Å²) < 4.78 is 52.9. The molecule has 0 atom stereocenters. The monoisotopic (exact) mass is 521 g/mol. The highest BCUT2D eigenvalue weighted by molar-refractivity contribution is 5.83. The van der Waals surface area contributed by atoms with Gasteiger partial charge in [-0.3, -0.25) is 4.79 Å². The van der Waals surface area contributed by atoms with E-state index in [2.05, 4.69) is 16.7 Å². The van der Waals surface area contributed by atoms with Crippen LogP contribution in [-0.2, 0) is 12.6 Å². The molecule has 38 heavy (non-hydrogen) atoms. The van der Waals surface area contributed by atoms with Gasteiger partial charge in [-0.2, -0.15) is 22.9 Å². The Balaban J connectivity index is 1.91. The normalized spacial score (nSPS) is 11.7. The zero-order valence-electron chi connectivity index (χ0n) is 21.0. The van der Waals surface area contributed by atoms with Crippen molar-refractivity contribution in [1.82, 2.24) is 9.66 Å². The van der Waals surface area contributed by atoms with E-state index >= 15 is 0 Å². The van der Waals surface area contributed by atoms with E-state index in [1.165, 1.54) is 18.3 Å². The Morgan fingerprint density at radius 2 is 1.79 bits per heavy atom. The van der Waals surface area contributed by atoms with Gasteiger partial charge >= 0.3 is 6.18 Å². The molecule has 0 radical (unpaired) electrons. The summed E-state index contributed by atoms with van der Waals surface area (Å²) in [7, 11) is 0. The first-order chi connectivity index (χ1) is 18.3. The molecule has 0 saturated carbocycles. The number of para-hydroxylation sites is 1. The fraction of sp³-hybridized carbons (Fsp3) is 0.207. The second kappa shape index (κ2) is 11.3. The Kier molecular flexibility index (Phi) is 7.95. The number of hydrogen-bond donors (Lipinski definition) is 0. The van der Waals surface area contributed by atoms with E-state index in [0.29, 0.717) is 42.2 Å². The number of aromatic nitrogens is 2. The van der Waals surface area contributed by atoms with Crippen molar-refractivity contribution < 1.29 is 22.6 Å². The Labute approximate surface area is 217 Å². The van der Waals surface area contributed by atoms with E-state index in [1.807, 2.05) is 19.9 Å². The molecule has 0 aliphatic rings. The van der Waals surface area contributed by atoms with Crippen molar-refractivity contribution in [3.05, 3.63) is 100 Å². The molecule has 0 aliphatic heterocycles. The van der Waals surface area contributed by atoms with Crippen LogP contribution in [0.3, 0.4) is 0 Å². The third-order valence-electron chi connectivity index (χ3n) is 5.63. The predicted octanol–water partition coefficient (Wildman–Crippen LogP) is 6.49. The van der Waals surface area contributed by atoms with Crippen LogP contribution < -0.4 is 15.0 Å². The third-order valence-corrected chi connectivity index (χ3v) is 5.63. The summed E-state index contributed by atoms with van der Waals surface area (Å²) in [5.74, 6) is 1.09. The number of nitrogens with zero attached hydrogens (tertiary/aromatic N) is 3. The fourth-order valence-corrected chi connectivity index (χ4v) is 4.01. The number of fused-ring (bicyclic) bond motifs is 1. The lowest BCUT2D eigenvalue weighted by Gasteiger charge is -2.16. The number of ether oxygens (including phenoxy) is 2. The first kappa shape index (κ1) is 26.7. The molecule has 6 nitrogen and oxygen atoms in total. The molecular formula is C29H26F3N3O3. The number of rotatable bonds is 9. The molecule has 0 aliphatic carbocycles. The molecule has 3 aromatic carbocycles. The maximum atomic E-state index is 13.4. The summed E-state index contributed by atoms with van der Waals surface area (Å²) in [6.45, 7) is 8.37. The summed E-state index contributed by atoms with van der Waals surface area (Å²) in [5, 5.41) is 4.67. The van der Waals surface area contributed by atoms with Gasteiger partial charge in [0.25, 0.3) is 5.56 Å². The second-order valence-corrected chi connectivity index (χ2v) is 8.26. The van der Waals surface area contributed by atoms with Crippen molar-refractivity contribution in [2.24, 2.45) is 5.10 Å². The van der Waals surface area contributed by atoms with E-state index in [0.717, 1.165) is 22.4 Å². The Morgan fingerprint density at radius 1 is 1.03 bits per heavy atom. The zero-order valence-corrected chi connectivity index (χ0v) is 21.0. The van der Waals surface area contributed by atoms with Crippen LogP contribution in [0.1, 0.15) is 30.5 Å². The summed E-state index contributed by atoms with van der Waals surface area (Å²) in [4.78, 5) is 17.9. The highest BCUT2D eigenvalue weighted by atomic mass is 19.4. The number of hydrogen-bond acceptors (Lipinski definition) is 5. The maximum absolute atomic E-state index is 13.4. The SMILES string of the molecule is C=CCc1cc(C=Nn2c(-c3cccc(C(F)(F)F)c3)nc3ccccc3c2=O)cc(OCC)c1OCC. The molecule has 0 N–H and O–H groups in total. The van der Waals surface area contributed by atoms with Crippen LogP contribution in [0.15, 0.2) is 83.2 Å². The van der Waals surface area contributed by atoms with Crippen molar-refractivity contribution >= 4 is 17.1 Å². The Morgan fingerprint density at radius 3 is 2.50 bits per heavy atom. The van der Waals surface area contributed by atoms with Gasteiger partial charge in [0.05, 0.1) is 35.9 Å². The van der Waals surface area contributed by atoms with Crippen LogP contribution in [0.2, 0.25) is 0 Å². The molecule has 1 aromatic heterocycles. The van der Waals surface area contributed by atoms with Crippen molar-refractivity contribution in [3.63, 3.8) is 0 Å². The lowest BCUT2D eigenvalue weighted by molar-refractivity contribution is -0.137. The molecule has 0 bridgehead atoms. The maximum Gasteiger partial charge on any atom is 0.416 e. The molecular weight excluding hydrogens is 495 g/mol. The fourth-order valence-electron chi connectivity index (χ4n) is 4.01. The molecule has 0 amide bonds. The average molecular weight is 522 g/mol. The van der Waals surface area contributed by atoms with Gasteiger partial charge in [0.15, 0.2) is 17.3 Å². The van der Waals surface area contributed by atoms with Crippen LogP contribution in [-0.4, -0.2) is 29.1 Å².